The number of phosphoric ester groups is 2. The number of phosphoric acid groups is 2. The molecule has 26 heteroatoms. The zero-order valence-corrected chi connectivity index (χ0v) is 29.3. The highest BCUT2D eigenvalue weighted by atomic mass is 31.3. The van der Waals surface area contributed by atoms with Crippen molar-refractivity contribution in [1.29, 1.82) is 0 Å². The molecule has 0 aliphatic carbocycles. The molecule has 2 aliphatic rings. The maximum absolute atomic E-state index is 12.5. The zero-order valence-electron chi connectivity index (χ0n) is 27.5. The monoisotopic (exact) mass is 786 g/mol. The first-order valence-corrected chi connectivity index (χ1v) is 18.5. The molecule has 0 bridgehead atoms. The minimum atomic E-state index is -5.54. The number of nitrogens with zero attached hydrogens (tertiary/aromatic N) is 6. The smallest absolute Gasteiger partial charge is 0.388 e. The van der Waals surface area contributed by atoms with E-state index in [0.717, 1.165) is 17.5 Å². The Hall–Kier alpha value is -4.13. The molecule has 2 aliphatic heterocycles. The van der Waals surface area contributed by atoms with Gasteiger partial charge in [0.2, 0.25) is 0 Å². The van der Waals surface area contributed by atoms with Gasteiger partial charge in [-0.1, -0.05) is 0 Å². The van der Waals surface area contributed by atoms with Crippen molar-refractivity contribution in [3.05, 3.63) is 46.3 Å². The molecule has 3 aromatic heterocycles. The van der Waals surface area contributed by atoms with Crippen LogP contribution < -0.4 is 21.5 Å². The molecular weight excluding hydrogens is 752 g/mol. The van der Waals surface area contributed by atoms with Gasteiger partial charge < -0.3 is 56.0 Å². The van der Waals surface area contributed by atoms with E-state index in [9.17, 15) is 54.4 Å². The number of anilines is 5. The molecule has 4 aromatic rings. The van der Waals surface area contributed by atoms with Crippen molar-refractivity contribution in [2.45, 2.75) is 56.7 Å². The van der Waals surface area contributed by atoms with Crippen LogP contribution in [0.25, 0.3) is 11.2 Å². The molecule has 0 saturated carbocycles. The fourth-order valence-corrected chi connectivity index (χ4v) is 7.72. The van der Waals surface area contributed by atoms with Gasteiger partial charge in [-0.3, -0.25) is 23.4 Å². The number of nitrogens with one attached hydrogen (secondary N) is 2. The quantitative estimate of drug-likeness (QED) is 0.0734. The molecule has 11 N–H and O–H groups in total. The van der Waals surface area contributed by atoms with E-state index in [2.05, 4.69) is 34.1 Å². The number of hydrogen-bond acceptors (Lipinski definition) is 19. The summed E-state index contributed by atoms with van der Waals surface area (Å²) in [6, 6.07) is 2.39. The maximum Gasteiger partial charge on any atom is 0.481 e. The van der Waals surface area contributed by atoms with Crippen LogP contribution in [-0.2, 0) is 32.3 Å². The van der Waals surface area contributed by atoms with E-state index in [1.165, 1.54) is 15.8 Å². The van der Waals surface area contributed by atoms with E-state index in [1.807, 2.05) is 11.9 Å². The molecule has 6 rings (SSSR count). The molecule has 2 unspecified atom stereocenters. The number of fused-ring (bicyclic) bond motifs is 3. The summed E-state index contributed by atoms with van der Waals surface area (Å²) in [6.07, 6.45) is -9.89. The van der Waals surface area contributed by atoms with Crippen molar-refractivity contribution in [1.82, 2.24) is 29.5 Å². The van der Waals surface area contributed by atoms with Crippen LogP contribution in [0.1, 0.15) is 17.4 Å². The second-order valence-electron chi connectivity index (χ2n) is 12.1. The van der Waals surface area contributed by atoms with Gasteiger partial charge in [0, 0.05) is 0 Å². The fourth-order valence-electron chi connectivity index (χ4n) is 5.63. The van der Waals surface area contributed by atoms with Crippen molar-refractivity contribution >= 4 is 55.5 Å². The first-order chi connectivity index (χ1) is 24.9. The molecule has 0 spiro atoms. The van der Waals surface area contributed by atoms with Crippen LogP contribution in [0.3, 0.4) is 0 Å². The Bertz CT molecular complexity index is 2170. The minimum absolute atomic E-state index is 0.0304. The van der Waals surface area contributed by atoms with Crippen LogP contribution in [-0.4, -0.2) is 121 Å². The van der Waals surface area contributed by atoms with Gasteiger partial charge in [-0.05, 0) is 37.1 Å². The van der Waals surface area contributed by atoms with Gasteiger partial charge >= 0.3 is 21.7 Å². The van der Waals surface area contributed by atoms with E-state index < -0.39 is 89.8 Å². The number of aromatic nitrogens is 6. The molecule has 1 aromatic carbocycles. The molecule has 24 nitrogen and oxygen atoms in total. The number of β-amino-alcohol motifs (C(OH)–C–C–N with tert-alkyl or cyclic N) is 1. The normalized spacial score (nSPS) is 23.8. The third kappa shape index (κ3) is 7.91. The summed E-state index contributed by atoms with van der Waals surface area (Å²) < 4.78 is 45.4. The number of aryl methyl sites for hydroxylation is 2. The summed E-state index contributed by atoms with van der Waals surface area (Å²) in [5.41, 5.74) is 7.53. The lowest BCUT2D eigenvalue weighted by Crippen LogP contribution is -2.46. The van der Waals surface area contributed by atoms with E-state index in [4.69, 9.17) is 15.0 Å². The summed E-state index contributed by atoms with van der Waals surface area (Å²) in [5.74, 6) is -0.156. The first-order valence-electron chi connectivity index (χ1n) is 15.5. The minimum Gasteiger partial charge on any atom is -0.388 e. The Balaban J connectivity index is 1.05. The second-order valence-corrected chi connectivity index (χ2v) is 15.2. The molecule has 1 fully saturated rings. The Morgan fingerprint density at radius 3 is 2.45 bits per heavy atom. The lowest BCUT2D eigenvalue weighted by Gasteiger charge is -2.35. The molecule has 53 heavy (non-hydrogen) atoms. The van der Waals surface area contributed by atoms with Crippen LogP contribution in [0.15, 0.2) is 29.6 Å². The van der Waals surface area contributed by atoms with Crippen molar-refractivity contribution in [2.24, 2.45) is 0 Å². The highest BCUT2D eigenvalue weighted by molar-refractivity contribution is 7.61. The topological polar surface area (TPSA) is 363 Å². The first kappa shape index (κ1) is 38.6. The van der Waals surface area contributed by atoms with Crippen molar-refractivity contribution in [3.63, 3.8) is 0 Å². The number of aliphatic hydroxyl groups is 5. The third-order valence-corrected chi connectivity index (χ3v) is 11.1. The standard InChI is InChI=1S/C27H34N9O15P2/c1-10-3-12-13(4-11(10)2)35(24-18(32-12)25(42)34-27(43)33-24)5-14(37)19(39)15(38)6-48-52(44,45)51-53(46,47)49-7-16-20(40)21(41)26(50-16)36-9-31-17-22(28)29-8-30-23(17)36/h3-4,8-9,14-16,19-21,26,32,37-41H,5-7H2,1-2H3,(H,44,45)(H,46,47)(H2,28,29,30)(H,33,34,42)/t14-,15+,16+,19-,20+,21+,26+/m0/s1. The molecule has 9 atom stereocenters. The lowest BCUT2D eigenvalue weighted by molar-refractivity contribution is -0.0719. The van der Waals surface area contributed by atoms with Gasteiger partial charge in [-0.15, -0.1) is 0 Å². The number of aromatic amines is 1. The number of nitrogen functional groups attached to an aromatic ring is 1. The fraction of sp³-hybridized carbons (Fsp3) is 0.444. The summed E-state index contributed by atoms with van der Waals surface area (Å²) >= 11 is 0. The van der Waals surface area contributed by atoms with Gasteiger partial charge in [0.25, 0.3) is 5.56 Å². The lowest BCUT2D eigenvalue weighted by atomic mass is 10.0. The number of H-pyrrole nitrogens is 1. The number of hydrogen-bond donors (Lipinski definition) is 10. The predicted octanol–water partition coefficient (Wildman–Crippen LogP) is -0.900. The molecular formula is C27H34N9O15P2. The molecule has 1 radical (unpaired) electrons. The van der Waals surface area contributed by atoms with Crippen molar-refractivity contribution in [2.75, 3.05) is 35.7 Å². The summed E-state index contributed by atoms with van der Waals surface area (Å²) in [5, 5.41) is 68.0. The highest BCUT2D eigenvalue weighted by Crippen LogP contribution is 2.60. The van der Waals surface area contributed by atoms with E-state index in [-0.39, 0.29) is 28.5 Å². The van der Waals surface area contributed by atoms with Gasteiger partial charge in [-0.2, -0.15) is 9.29 Å². The number of aliphatic hydroxyl groups excluding tert-OH is 5. The Kier molecular flexibility index (Phi) is 10.6. The number of rotatable bonds is 13. The predicted molar refractivity (Wildman–Crippen MR) is 178 cm³/mol. The number of imidazole rings is 1. The third-order valence-electron chi connectivity index (χ3n) is 8.47. The Morgan fingerprint density at radius 1 is 1.02 bits per heavy atom. The SMILES string of the molecule is Cc1cc2c(cc1C)N(C[C@H](O)[C@H](O)[C@H](O)COP(=O)(O)OP(=O)(O)OC[C@H]1O[C@@H](n3cnc4c(N)ncnc43)[C@H](O)[C@@H]1O)c1nc([O])[nH]c(=O)c1N2. The molecule has 5 heterocycles. The average Bonchev–Trinajstić information content (AvgIpc) is 3.63. The zero-order chi connectivity index (χ0) is 38.6. The highest BCUT2D eigenvalue weighted by Gasteiger charge is 2.46. The van der Waals surface area contributed by atoms with Crippen molar-refractivity contribution < 1.29 is 67.7 Å². The van der Waals surface area contributed by atoms with Crippen molar-refractivity contribution in [3.8, 4) is 6.01 Å². The van der Waals surface area contributed by atoms with E-state index >= 15 is 0 Å². The van der Waals surface area contributed by atoms with E-state index in [1.54, 1.807) is 19.1 Å². The van der Waals surface area contributed by atoms with Crippen LogP contribution >= 0.6 is 15.6 Å². The van der Waals surface area contributed by atoms with Gasteiger partial charge in [0.15, 0.2) is 23.5 Å². The maximum atomic E-state index is 12.5. The van der Waals surface area contributed by atoms with Crippen LogP contribution in [0.5, 0.6) is 6.01 Å². The van der Waals surface area contributed by atoms with Crippen LogP contribution in [0, 0.1) is 13.8 Å². The Morgan fingerprint density at radius 2 is 1.72 bits per heavy atom. The van der Waals surface area contributed by atoms with Crippen LogP contribution in [0.2, 0.25) is 0 Å². The number of nitrogens with two attached hydrogens (primary N) is 1. The summed E-state index contributed by atoms with van der Waals surface area (Å²) in [4.78, 5) is 51.7. The molecule has 1 saturated heterocycles. The number of benzene rings is 1. The summed E-state index contributed by atoms with van der Waals surface area (Å²) in [7, 11) is -11.0. The van der Waals surface area contributed by atoms with Gasteiger partial charge in [0.1, 0.15) is 54.2 Å². The van der Waals surface area contributed by atoms with E-state index in [0.29, 0.717) is 11.4 Å². The van der Waals surface area contributed by atoms with Gasteiger partial charge in [-0.25, -0.2) is 29.2 Å². The Labute approximate surface area is 297 Å². The largest absolute Gasteiger partial charge is 0.481 e. The molecule has 287 valence electrons. The van der Waals surface area contributed by atoms with Gasteiger partial charge in [0.05, 0.1) is 37.5 Å². The summed E-state index contributed by atoms with van der Waals surface area (Å²) in [6.45, 7) is 0.858. The average molecular weight is 787 g/mol. The second kappa shape index (κ2) is 14.6. The van der Waals surface area contributed by atoms with Crippen LogP contribution in [0.4, 0.5) is 28.7 Å². The number of ether oxygens (including phenoxy) is 1. The molecule has 0 amide bonds.